The lowest BCUT2D eigenvalue weighted by atomic mass is 10.1. The molecule has 6 nitrogen and oxygen atoms in total. The number of benzene rings is 4. The molecule has 1 unspecified atom stereocenters. The van der Waals surface area contributed by atoms with Gasteiger partial charge in [0.05, 0.1) is 5.25 Å². The highest BCUT2D eigenvalue weighted by molar-refractivity contribution is 8.00. The number of para-hydroxylation sites is 1. The highest BCUT2D eigenvalue weighted by Crippen LogP contribution is 2.30. The van der Waals surface area contributed by atoms with Crippen LogP contribution in [0.4, 0.5) is 11.4 Å². The number of amides is 3. The van der Waals surface area contributed by atoms with Crippen molar-refractivity contribution >= 4 is 58.5 Å². The molecule has 0 bridgehead atoms. The minimum Gasteiger partial charge on any atom is -0.325 e. The Balaban J connectivity index is 1.51. The summed E-state index contributed by atoms with van der Waals surface area (Å²) in [5.41, 5.74) is 4.52. The summed E-state index contributed by atoms with van der Waals surface area (Å²) in [6.07, 6.45) is 2.20. The Labute approximate surface area is 255 Å². The van der Waals surface area contributed by atoms with E-state index in [1.165, 1.54) is 11.8 Å². The molecule has 42 heavy (non-hydrogen) atoms. The maximum Gasteiger partial charge on any atom is 0.272 e. The summed E-state index contributed by atoms with van der Waals surface area (Å²) < 4.78 is 0. The van der Waals surface area contributed by atoms with Gasteiger partial charge in [0.2, 0.25) is 5.91 Å². The van der Waals surface area contributed by atoms with Crippen LogP contribution in [0.15, 0.2) is 108 Å². The van der Waals surface area contributed by atoms with Crippen molar-refractivity contribution in [3.63, 3.8) is 0 Å². The normalized spacial score (nSPS) is 11.9. The fraction of sp³-hybridized carbons (Fsp3) is 0.147. The molecular weight excluding hydrogens is 566 g/mol. The summed E-state index contributed by atoms with van der Waals surface area (Å²) in [4.78, 5) is 40.3. The van der Waals surface area contributed by atoms with Crippen molar-refractivity contribution < 1.29 is 14.4 Å². The summed E-state index contributed by atoms with van der Waals surface area (Å²) in [6, 6.07) is 28.9. The highest BCUT2D eigenvalue weighted by Gasteiger charge is 2.20. The quantitative estimate of drug-likeness (QED) is 0.128. The molecule has 4 aromatic rings. The number of hydrogen-bond donors (Lipinski definition) is 3. The Hall–Kier alpha value is -4.33. The van der Waals surface area contributed by atoms with Crippen LogP contribution in [0.2, 0.25) is 5.02 Å². The van der Waals surface area contributed by atoms with Crippen LogP contribution < -0.4 is 16.0 Å². The summed E-state index contributed by atoms with van der Waals surface area (Å²) in [5, 5.41) is 8.87. The van der Waals surface area contributed by atoms with Gasteiger partial charge in [0.1, 0.15) is 5.70 Å². The van der Waals surface area contributed by atoms with Gasteiger partial charge in [0.25, 0.3) is 11.8 Å². The van der Waals surface area contributed by atoms with Gasteiger partial charge in [0.15, 0.2) is 0 Å². The third-order valence-electron chi connectivity index (χ3n) is 6.45. The molecule has 0 heterocycles. The second kappa shape index (κ2) is 14.5. The van der Waals surface area contributed by atoms with Crippen molar-refractivity contribution in [2.75, 3.05) is 10.6 Å². The molecule has 3 N–H and O–H groups in total. The van der Waals surface area contributed by atoms with Crippen LogP contribution >= 0.6 is 23.4 Å². The SMILES string of the molecule is CCC(Sc1cccc(NC(=O)/C(=C/c2cccc(Cl)c2)NC(=O)c2ccccc2)c1)C(=O)Nc1c(C)cccc1C. The molecule has 3 amide bonds. The molecule has 0 saturated heterocycles. The monoisotopic (exact) mass is 597 g/mol. The molecule has 0 aliphatic heterocycles. The second-order valence-corrected chi connectivity index (χ2v) is 11.4. The van der Waals surface area contributed by atoms with Gasteiger partial charge < -0.3 is 16.0 Å². The van der Waals surface area contributed by atoms with Crippen LogP contribution in [-0.2, 0) is 9.59 Å². The van der Waals surface area contributed by atoms with Crippen molar-refractivity contribution in [2.24, 2.45) is 0 Å². The lowest BCUT2D eigenvalue weighted by Gasteiger charge is -2.18. The molecule has 0 aliphatic rings. The van der Waals surface area contributed by atoms with Crippen molar-refractivity contribution in [2.45, 2.75) is 37.3 Å². The van der Waals surface area contributed by atoms with Crippen LogP contribution in [0, 0.1) is 13.8 Å². The summed E-state index contributed by atoms with van der Waals surface area (Å²) in [5.74, 6) is -0.991. The van der Waals surface area contributed by atoms with Crippen molar-refractivity contribution in [1.29, 1.82) is 0 Å². The van der Waals surface area contributed by atoms with Crippen LogP contribution in [0.25, 0.3) is 6.08 Å². The van der Waals surface area contributed by atoms with E-state index in [0.29, 0.717) is 28.3 Å². The topological polar surface area (TPSA) is 87.3 Å². The van der Waals surface area contributed by atoms with Gasteiger partial charge in [-0.25, -0.2) is 0 Å². The summed E-state index contributed by atoms with van der Waals surface area (Å²) in [7, 11) is 0. The van der Waals surface area contributed by atoms with Gasteiger partial charge in [0, 0.05) is 26.9 Å². The molecule has 0 radical (unpaired) electrons. The van der Waals surface area contributed by atoms with E-state index >= 15 is 0 Å². The Morgan fingerprint density at radius 1 is 0.833 bits per heavy atom. The van der Waals surface area contributed by atoms with Crippen molar-refractivity contribution in [3.05, 3.63) is 130 Å². The van der Waals surface area contributed by atoms with Gasteiger partial charge in [-0.3, -0.25) is 14.4 Å². The van der Waals surface area contributed by atoms with Crippen LogP contribution in [0.1, 0.15) is 40.4 Å². The molecule has 214 valence electrons. The molecule has 4 aromatic carbocycles. The standard InChI is InChI=1S/C34H32ClN3O3S/c1-4-30(34(41)38-31-22(2)11-8-12-23(31)3)42-28-18-10-17-27(21-28)36-33(40)29(20-24-13-9-16-26(35)19-24)37-32(39)25-14-6-5-7-15-25/h5-21,30H,4H2,1-3H3,(H,36,40)(H,37,39)(H,38,41)/b29-20-. The van der Waals surface area contributed by atoms with E-state index in [2.05, 4.69) is 16.0 Å². The van der Waals surface area contributed by atoms with Gasteiger partial charge in [-0.15, -0.1) is 11.8 Å². The van der Waals surface area contributed by atoms with Gasteiger partial charge in [-0.05, 0) is 85.5 Å². The van der Waals surface area contributed by atoms with E-state index in [1.54, 1.807) is 60.7 Å². The summed E-state index contributed by atoms with van der Waals surface area (Å²) >= 11 is 7.57. The smallest absolute Gasteiger partial charge is 0.272 e. The number of halogens is 1. The number of hydrogen-bond acceptors (Lipinski definition) is 4. The Bertz CT molecular complexity index is 1600. The summed E-state index contributed by atoms with van der Waals surface area (Å²) in [6.45, 7) is 5.91. The Kier molecular flexibility index (Phi) is 10.6. The number of aryl methyl sites for hydroxylation is 2. The largest absolute Gasteiger partial charge is 0.325 e. The van der Waals surface area contributed by atoms with E-state index in [-0.39, 0.29) is 16.9 Å². The minimum absolute atomic E-state index is 0.0589. The number of rotatable bonds is 10. The van der Waals surface area contributed by atoms with Crippen LogP contribution in [-0.4, -0.2) is 23.0 Å². The number of thioether (sulfide) groups is 1. The predicted molar refractivity (Wildman–Crippen MR) is 173 cm³/mol. The molecule has 0 aromatic heterocycles. The fourth-order valence-corrected chi connectivity index (χ4v) is 5.46. The number of carbonyl (C=O) groups is 3. The van der Waals surface area contributed by atoms with Gasteiger partial charge >= 0.3 is 0 Å². The third-order valence-corrected chi connectivity index (χ3v) is 8.04. The molecule has 0 aliphatic carbocycles. The van der Waals surface area contributed by atoms with Gasteiger partial charge in [-0.2, -0.15) is 0 Å². The molecule has 8 heteroatoms. The first-order valence-electron chi connectivity index (χ1n) is 13.5. The maximum absolute atomic E-state index is 13.4. The molecular formula is C34H32ClN3O3S. The fourth-order valence-electron chi connectivity index (χ4n) is 4.25. The zero-order valence-electron chi connectivity index (χ0n) is 23.6. The predicted octanol–water partition coefficient (Wildman–Crippen LogP) is 7.88. The zero-order valence-corrected chi connectivity index (χ0v) is 25.2. The average molecular weight is 598 g/mol. The highest BCUT2D eigenvalue weighted by atomic mass is 35.5. The van der Waals surface area contributed by atoms with Gasteiger partial charge in [-0.1, -0.05) is 73.1 Å². The number of carbonyl (C=O) groups excluding carboxylic acids is 3. The number of anilines is 2. The second-order valence-electron chi connectivity index (χ2n) is 9.69. The van der Waals surface area contributed by atoms with Crippen LogP contribution in [0.3, 0.4) is 0 Å². The van der Waals surface area contributed by atoms with Crippen molar-refractivity contribution in [3.8, 4) is 0 Å². The Morgan fingerprint density at radius 2 is 1.52 bits per heavy atom. The first-order chi connectivity index (χ1) is 20.2. The molecule has 4 rings (SSSR count). The zero-order chi connectivity index (χ0) is 30.1. The minimum atomic E-state index is -0.499. The average Bonchev–Trinajstić information content (AvgIpc) is 2.98. The van der Waals surface area contributed by atoms with Crippen LogP contribution in [0.5, 0.6) is 0 Å². The first-order valence-corrected chi connectivity index (χ1v) is 14.8. The molecule has 0 saturated carbocycles. The lowest BCUT2D eigenvalue weighted by Crippen LogP contribution is -2.30. The lowest BCUT2D eigenvalue weighted by molar-refractivity contribution is -0.116. The third kappa shape index (κ3) is 8.35. The van der Waals surface area contributed by atoms with E-state index in [1.807, 2.05) is 63.2 Å². The van der Waals surface area contributed by atoms with E-state index in [0.717, 1.165) is 21.7 Å². The van der Waals surface area contributed by atoms with E-state index in [4.69, 9.17) is 11.6 Å². The Morgan fingerprint density at radius 3 is 2.21 bits per heavy atom. The van der Waals surface area contributed by atoms with Crippen molar-refractivity contribution in [1.82, 2.24) is 5.32 Å². The molecule has 0 spiro atoms. The maximum atomic E-state index is 13.4. The number of nitrogens with one attached hydrogen (secondary N) is 3. The van der Waals surface area contributed by atoms with E-state index in [9.17, 15) is 14.4 Å². The first kappa shape index (κ1) is 30.6. The van der Waals surface area contributed by atoms with E-state index < -0.39 is 11.8 Å². The molecule has 1 atom stereocenters. The molecule has 0 fully saturated rings.